The number of anilines is 1. The topological polar surface area (TPSA) is 87.6 Å². The number of hydrogen-bond donors (Lipinski definition) is 2. The Morgan fingerprint density at radius 3 is 2.56 bits per heavy atom. The summed E-state index contributed by atoms with van der Waals surface area (Å²) in [6.45, 7) is 2.49. The van der Waals surface area contributed by atoms with Crippen molar-refractivity contribution in [1.82, 2.24) is 5.32 Å². The molecular formula is C18H19N3O3S. The molecule has 7 heteroatoms. The molecule has 0 bridgehead atoms. The van der Waals surface area contributed by atoms with Gasteiger partial charge in [0.2, 0.25) is 5.91 Å². The van der Waals surface area contributed by atoms with Gasteiger partial charge in [0.1, 0.15) is 10.7 Å². The Morgan fingerprint density at radius 1 is 1.12 bits per heavy atom. The number of carbonyl (C=O) groups is 1. The molecule has 1 amide bonds. The Morgan fingerprint density at radius 2 is 1.80 bits per heavy atom. The van der Waals surface area contributed by atoms with E-state index in [-0.39, 0.29) is 29.0 Å². The number of para-hydroxylation sites is 1. The standard InChI is InChI=1S/C18H19N3O3S/c1-13(14-7-3-2-4-8-14)12-19-18(22)11-17-20-15-9-5-6-10-16(15)25(23,24)21-17/h2-10,13H,11-12H2,1H3,(H,19,22)(H,20,21). The van der Waals surface area contributed by atoms with Crippen molar-refractivity contribution in [3.63, 3.8) is 0 Å². The van der Waals surface area contributed by atoms with Gasteiger partial charge in [0.25, 0.3) is 10.0 Å². The van der Waals surface area contributed by atoms with Gasteiger partial charge >= 0.3 is 0 Å². The third-order valence-corrected chi connectivity index (χ3v) is 5.35. The first-order valence-electron chi connectivity index (χ1n) is 7.97. The normalized spacial score (nSPS) is 16.1. The van der Waals surface area contributed by atoms with Crippen molar-refractivity contribution in [2.24, 2.45) is 4.40 Å². The molecule has 0 saturated carbocycles. The highest BCUT2D eigenvalue weighted by atomic mass is 32.2. The minimum atomic E-state index is -3.77. The zero-order valence-corrected chi connectivity index (χ0v) is 14.6. The van der Waals surface area contributed by atoms with Crippen molar-refractivity contribution in [2.75, 3.05) is 11.9 Å². The third-order valence-electron chi connectivity index (χ3n) is 3.98. The van der Waals surface area contributed by atoms with Crippen LogP contribution in [0.4, 0.5) is 5.69 Å². The Balaban J connectivity index is 1.61. The molecule has 0 saturated heterocycles. The molecule has 2 N–H and O–H groups in total. The van der Waals surface area contributed by atoms with Crippen molar-refractivity contribution >= 4 is 27.5 Å². The first kappa shape index (κ1) is 17.2. The molecule has 0 aromatic heterocycles. The highest BCUT2D eigenvalue weighted by Crippen LogP contribution is 2.27. The molecule has 1 aliphatic rings. The predicted molar refractivity (Wildman–Crippen MR) is 97.2 cm³/mol. The maximum Gasteiger partial charge on any atom is 0.286 e. The molecule has 2 aromatic carbocycles. The van der Waals surface area contributed by atoms with Crippen LogP contribution in [0.5, 0.6) is 0 Å². The molecule has 25 heavy (non-hydrogen) atoms. The summed E-state index contributed by atoms with van der Waals surface area (Å²) in [5, 5.41) is 5.74. The lowest BCUT2D eigenvalue weighted by atomic mass is 10.0. The van der Waals surface area contributed by atoms with Gasteiger partial charge in [-0.3, -0.25) is 4.79 Å². The summed E-state index contributed by atoms with van der Waals surface area (Å²) >= 11 is 0. The Kier molecular flexibility index (Phi) is 4.85. The van der Waals surface area contributed by atoms with Gasteiger partial charge in [0.05, 0.1) is 12.1 Å². The number of rotatable bonds is 5. The van der Waals surface area contributed by atoms with Gasteiger partial charge < -0.3 is 10.6 Å². The van der Waals surface area contributed by atoms with Crippen molar-refractivity contribution in [2.45, 2.75) is 24.2 Å². The molecule has 3 rings (SSSR count). The summed E-state index contributed by atoms with van der Waals surface area (Å²) in [5.41, 5.74) is 1.57. The van der Waals surface area contributed by atoms with Crippen LogP contribution in [0.15, 0.2) is 63.9 Å². The van der Waals surface area contributed by atoms with Crippen LogP contribution in [0.2, 0.25) is 0 Å². The molecule has 0 fully saturated rings. The maximum absolute atomic E-state index is 12.2. The van der Waals surface area contributed by atoms with E-state index in [1.165, 1.54) is 6.07 Å². The maximum atomic E-state index is 12.2. The predicted octanol–water partition coefficient (Wildman–Crippen LogP) is 2.51. The molecule has 0 aliphatic carbocycles. The number of benzene rings is 2. The van der Waals surface area contributed by atoms with Crippen LogP contribution in [0.25, 0.3) is 0 Å². The van der Waals surface area contributed by atoms with E-state index in [1.807, 2.05) is 37.3 Å². The molecule has 2 aromatic rings. The molecule has 0 spiro atoms. The zero-order chi connectivity index (χ0) is 17.9. The Hall–Kier alpha value is -2.67. The number of fused-ring (bicyclic) bond motifs is 1. The average Bonchev–Trinajstić information content (AvgIpc) is 2.60. The molecule has 1 atom stereocenters. The van der Waals surface area contributed by atoms with Gasteiger partial charge in [0, 0.05) is 6.54 Å². The highest BCUT2D eigenvalue weighted by molar-refractivity contribution is 7.90. The number of carbonyl (C=O) groups excluding carboxylic acids is 1. The van der Waals surface area contributed by atoms with Gasteiger partial charge in [-0.2, -0.15) is 8.42 Å². The summed E-state index contributed by atoms with van der Waals surface area (Å²) in [6.07, 6.45) is -0.116. The monoisotopic (exact) mass is 357 g/mol. The number of amides is 1. The van der Waals surface area contributed by atoms with Crippen molar-refractivity contribution in [3.05, 3.63) is 60.2 Å². The molecule has 6 nitrogen and oxygen atoms in total. The minimum absolute atomic E-state index is 0.116. The first-order chi connectivity index (χ1) is 12.0. The molecule has 1 aliphatic heterocycles. The molecule has 1 unspecified atom stereocenters. The first-order valence-corrected chi connectivity index (χ1v) is 9.41. The van der Waals surface area contributed by atoms with E-state index < -0.39 is 10.0 Å². The van der Waals surface area contributed by atoms with E-state index in [2.05, 4.69) is 15.0 Å². The fourth-order valence-electron chi connectivity index (χ4n) is 2.62. The van der Waals surface area contributed by atoms with Crippen LogP contribution in [0, 0.1) is 0 Å². The lowest BCUT2D eigenvalue weighted by molar-refractivity contribution is -0.119. The molecule has 130 valence electrons. The van der Waals surface area contributed by atoms with E-state index >= 15 is 0 Å². The minimum Gasteiger partial charge on any atom is -0.355 e. The van der Waals surface area contributed by atoms with E-state index in [4.69, 9.17) is 0 Å². The molecule has 0 radical (unpaired) electrons. The summed E-state index contributed by atoms with van der Waals surface area (Å²) in [5.74, 6) is 0.0167. The molecular weight excluding hydrogens is 338 g/mol. The van der Waals surface area contributed by atoms with Crippen LogP contribution in [-0.4, -0.2) is 26.7 Å². The third kappa shape index (κ3) is 4.06. The summed E-state index contributed by atoms with van der Waals surface area (Å²) in [7, 11) is -3.77. The quantitative estimate of drug-likeness (QED) is 0.861. The fraction of sp³-hybridized carbons (Fsp3) is 0.222. The summed E-state index contributed by atoms with van der Waals surface area (Å²) < 4.78 is 28.0. The van der Waals surface area contributed by atoms with Gasteiger partial charge in [0.15, 0.2) is 0 Å². The van der Waals surface area contributed by atoms with E-state index in [9.17, 15) is 13.2 Å². The average molecular weight is 357 g/mol. The van der Waals surface area contributed by atoms with Crippen molar-refractivity contribution in [3.8, 4) is 0 Å². The highest BCUT2D eigenvalue weighted by Gasteiger charge is 2.25. The van der Waals surface area contributed by atoms with E-state index in [0.717, 1.165) is 5.56 Å². The van der Waals surface area contributed by atoms with Crippen molar-refractivity contribution < 1.29 is 13.2 Å². The number of hydrogen-bond acceptors (Lipinski definition) is 4. The largest absolute Gasteiger partial charge is 0.355 e. The van der Waals surface area contributed by atoms with Crippen LogP contribution >= 0.6 is 0 Å². The zero-order valence-electron chi connectivity index (χ0n) is 13.8. The number of nitrogens with zero attached hydrogens (tertiary/aromatic N) is 1. The Bertz CT molecular complexity index is 908. The fourth-order valence-corrected chi connectivity index (χ4v) is 3.77. The smallest absolute Gasteiger partial charge is 0.286 e. The number of nitrogens with one attached hydrogen (secondary N) is 2. The van der Waals surface area contributed by atoms with Crippen molar-refractivity contribution in [1.29, 1.82) is 0 Å². The lowest BCUT2D eigenvalue weighted by Crippen LogP contribution is -2.32. The van der Waals surface area contributed by atoms with E-state index in [1.54, 1.807) is 18.2 Å². The molecule has 1 heterocycles. The second kappa shape index (κ2) is 7.06. The lowest BCUT2D eigenvalue weighted by Gasteiger charge is -2.18. The second-order valence-electron chi connectivity index (χ2n) is 5.93. The number of amidine groups is 1. The van der Waals surface area contributed by atoms with Crippen LogP contribution in [-0.2, 0) is 14.8 Å². The Labute approximate surface area is 147 Å². The van der Waals surface area contributed by atoms with Gasteiger partial charge in [-0.05, 0) is 23.6 Å². The summed E-state index contributed by atoms with van der Waals surface area (Å²) in [4.78, 5) is 12.3. The van der Waals surface area contributed by atoms with Gasteiger partial charge in [-0.15, -0.1) is 4.40 Å². The van der Waals surface area contributed by atoms with Gasteiger partial charge in [-0.1, -0.05) is 49.4 Å². The second-order valence-corrected chi connectivity index (χ2v) is 7.50. The van der Waals surface area contributed by atoms with Crippen LogP contribution in [0.3, 0.4) is 0 Å². The van der Waals surface area contributed by atoms with Gasteiger partial charge in [-0.25, -0.2) is 0 Å². The van der Waals surface area contributed by atoms with E-state index in [0.29, 0.717) is 12.2 Å². The van der Waals surface area contributed by atoms with Crippen LogP contribution < -0.4 is 10.6 Å². The van der Waals surface area contributed by atoms with Crippen LogP contribution in [0.1, 0.15) is 24.8 Å². The summed E-state index contributed by atoms with van der Waals surface area (Å²) in [6, 6.07) is 16.4. The SMILES string of the molecule is CC(CNC(=O)CC1=NS(=O)(=O)c2ccccc2N1)c1ccccc1. The number of sulfonamides is 1.